The molecule has 1 saturated carbocycles. The number of ether oxygens (including phenoxy) is 1. The number of benzene rings is 1. The Bertz CT molecular complexity index is 468. The predicted octanol–water partition coefficient (Wildman–Crippen LogP) is 3.34. The van der Waals surface area contributed by atoms with Gasteiger partial charge in [0.15, 0.2) is 0 Å². The number of aliphatic hydroxyl groups is 1. The van der Waals surface area contributed by atoms with Gasteiger partial charge in [-0.1, -0.05) is 31.7 Å². The van der Waals surface area contributed by atoms with Crippen molar-refractivity contribution in [2.24, 2.45) is 11.7 Å². The van der Waals surface area contributed by atoms with Crippen LogP contribution in [-0.2, 0) is 6.42 Å². The lowest BCUT2D eigenvalue weighted by Crippen LogP contribution is -2.21. The maximum absolute atomic E-state index is 10.1. The van der Waals surface area contributed by atoms with Gasteiger partial charge in [-0.15, -0.1) is 0 Å². The summed E-state index contributed by atoms with van der Waals surface area (Å²) in [5.41, 5.74) is 8.76. The Morgan fingerprint density at radius 1 is 1.19 bits per heavy atom. The summed E-state index contributed by atoms with van der Waals surface area (Å²) in [7, 11) is 0. The number of hydrogen-bond donors (Lipinski definition) is 2. The van der Waals surface area contributed by atoms with Crippen LogP contribution < -0.4 is 10.5 Å². The van der Waals surface area contributed by atoms with E-state index in [4.69, 9.17) is 10.5 Å². The quantitative estimate of drug-likeness (QED) is 0.874. The van der Waals surface area contributed by atoms with Gasteiger partial charge in [0.2, 0.25) is 0 Å². The molecule has 2 atom stereocenters. The summed E-state index contributed by atoms with van der Waals surface area (Å²) < 4.78 is 5.79. The Morgan fingerprint density at radius 3 is 2.81 bits per heavy atom. The molecule has 1 aromatic carbocycles. The van der Waals surface area contributed by atoms with Crippen LogP contribution in [-0.4, -0.2) is 17.8 Å². The summed E-state index contributed by atoms with van der Waals surface area (Å²) in [6, 6.07) is 6.36. The molecule has 116 valence electrons. The van der Waals surface area contributed by atoms with E-state index in [0.717, 1.165) is 25.0 Å². The molecule has 2 aliphatic carbocycles. The van der Waals surface area contributed by atoms with Gasteiger partial charge in [-0.25, -0.2) is 0 Å². The van der Waals surface area contributed by atoms with Crippen LogP contribution in [0.5, 0.6) is 5.75 Å². The zero-order chi connectivity index (χ0) is 14.7. The standard InChI is InChI=1S/C18H27NO2/c19-18-7-3-6-14-8-9-16(11-17(14)18)21-12-15(20)10-13-4-1-2-5-13/h8-9,11,13,15,18,20H,1-7,10,12,19H2. The average molecular weight is 289 g/mol. The normalized spacial score (nSPS) is 23.8. The van der Waals surface area contributed by atoms with Crippen molar-refractivity contribution in [3.63, 3.8) is 0 Å². The van der Waals surface area contributed by atoms with Gasteiger partial charge in [0.1, 0.15) is 12.4 Å². The van der Waals surface area contributed by atoms with Gasteiger partial charge >= 0.3 is 0 Å². The summed E-state index contributed by atoms with van der Waals surface area (Å²) in [4.78, 5) is 0. The van der Waals surface area contributed by atoms with E-state index in [1.165, 1.54) is 43.2 Å². The van der Waals surface area contributed by atoms with Gasteiger partial charge < -0.3 is 15.6 Å². The van der Waals surface area contributed by atoms with Gasteiger partial charge in [0.05, 0.1) is 6.10 Å². The van der Waals surface area contributed by atoms with Crippen LogP contribution in [0.4, 0.5) is 0 Å². The fourth-order valence-corrected chi connectivity index (χ4v) is 3.79. The van der Waals surface area contributed by atoms with Crippen molar-refractivity contribution in [3.8, 4) is 5.75 Å². The topological polar surface area (TPSA) is 55.5 Å². The molecule has 2 unspecified atom stereocenters. The van der Waals surface area contributed by atoms with Crippen molar-refractivity contribution in [1.82, 2.24) is 0 Å². The van der Waals surface area contributed by atoms with Crippen LogP contribution >= 0.6 is 0 Å². The molecule has 0 aliphatic heterocycles. The van der Waals surface area contributed by atoms with Gasteiger partial charge in [-0.05, 0) is 54.9 Å². The molecule has 0 saturated heterocycles. The van der Waals surface area contributed by atoms with Gasteiger partial charge in [-0.3, -0.25) is 0 Å². The highest BCUT2D eigenvalue weighted by molar-refractivity contribution is 5.39. The van der Waals surface area contributed by atoms with Gasteiger partial charge in [0.25, 0.3) is 0 Å². The lowest BCUT2D eigenvalue weighted by atomic mass is 9.88. The molecule has 1 aromatic rings. The molecule has 0 spiro atoms. The molecule has 0 radical (unpaired) electrons. The molecular weight excluding hydrogens is 262 g/mol. The minimum absolute atomic E-state index is 0.140. The van der Waals surface area contributed by atoms with Crippen LogP contribution in [0.25, 0.3) is 0 Å². The third kappa shape index (κ3) is 3.78. The van der Waals surface area contributed by atoms with Crippen molar-refractivity contribution in [3.05, 3.63) is 29.3 Å². The number of hydrogen-bond acceptors (Lipinski definition) is 3. The third-order valence-electron chi connectivity index (χ3n) is 5.00. The largest absolute Gasteiger partial charge is 0.491 e. The minimum Gasteiger partial charge on any atom is -0.491 e. The Morgan fingerprint density at radius 2 is 2.00 bits per heavy atom. The van der Waals surface area contributed by atoms with Gasteiger partial charge in [0, 0.05) is 6.04 Å². The van der Waals surface area contributed by atoms with E-state index in [1.807, 2.05) is 6.07 Å². The molecule has 3 nitrogen and oxygen atoms in total. The summed E-state index contributed by atoms with van der Waals surface area (Å²) in [6.07, 6.45) is 9.06. The molecule has 1 fully saturated rings. The molecule has 3 rings (SSSR count). The smallest absolute Gasteiger partial charge is 0.119 e. The summed E-state index contributed by atoms with van der Waals surface area (Å²) in [6.45, 7) is 0.393. The lowest BCUT2D eigenvalue weighted by Gasteiger charge is -2.23. The third-order valence-corrected chi connectivity index (χ3v) is 5.00. The highest BCUT2D eigenvalue weighted by Crippen LogP contribution is 2.31. The first-order chi connectivity index (χ1) is 10.2. The van der Waals surface area contributed by atoms with Crippen LogP contribution in [0.3, 0.4) is 0 Å². The molecule has 21 heavy (non-hydrogen) atoms. The Kier molecular flexibility index (Phi) is 4.81. The van der Waals surface area contributed by atoms with Crippen LogP contribution in [0.1, 0.15) is 62.1 Å². The monoisotopic (exact) mass is 289 g/mol. The first-order valence-corrected chi connectivity index (χ1v) is 8.41. The summed E-state index contributed by atoms with van der Waals surface area (Å²) in [5.74, 6) is 1.54. The van der Waals surface area contributed by atoms with E-state index in [-0.39, 0.29) is 12.1 Å². The zero-order valence-electron chi connectivity index (χ0n) is 12.8. The highest BCUT2D eigenvalue weighted by Gasteiger charge is 2.20. The van der Waals surface area contributed by atoms with Crippen molar-refractivity contribution in [1.29, 1.82) is 0 Å². The molecule has 3 N–H and O–H groups in total. The lowest BCUT2D eigenvalue weighted by molar-refractivity contribution is 0.0855. The van der Waals surface area contributed by atoms with E-state index in [0.29, 0.717) is 12.5 Å². The Hall–Kier alpha value is -1.06. The highest BCUT2D eigenvalue weighted by atomic mass is 16.5. The molecule has 0 amide bonds. The Labute approximate surface area is 127 Å². The number of rotatable bonds is 5. The summed E-state index contributed by atoms with van der Waals surface area (Å²) in [5, 5.41) is 10.1. The van der Waals surface area contributed by atoms with E-state index in [9.17, 15) is 5.11 Å². The molecule has 3 heteroatoms. The van der Waals surface area contributed by atoms with E-state index >= 15 is 0 Å². The van der Waals surface area contributed by atoms with Crippen LogP contribution in [0, 0.1) is 5.92 Å². The van der Waals surface area contributed by atoms with Crippen molar-refractivity contribution >= 4 is 0 Å². The number of nitrogens with two attached hydrogens (primary N) is 1. The maximum Gasteiger partial charge on any atom is 0.119 e. The van der Waals surface area contributed by atoms with Gasteiger partial charge in [-0.2, -0.15) is 0 Å². The van der Waals surface area contributed by atoms with E-state index < -0.39 is 0 Å². The predicted molar refractivity (Wildman–Crippen MR) is 84.4 cm³/mol. The molecule has 0 aromatic heterocycles. The number of aryl methyl sites for hydroxylation is 1. The fourth-order valence-electron chi connectivity index (χ4n) is 3.79. The molecular formula is C18H27NO2. The average Bonchev–Trinajstić information content (AvgIpc) is 2.98. The zero-order valence-corrected chi connectivity index (χ0v) is 12.8. The van der Waals surface area contributed by atoms with Crippen molar-refractivity contribution < 1.29 is 9.84 Å². The SMILES string of the molecule is NC1CCCc2ccc(OCC(O)CC3CCCC3)cc21. The molecule has 0 bridgehead atoms. The summed E-state index contributed by atoms with van der Waals surface area (Å²) >= 11 is 0. The van der Waals surface area contributed by atoms with Crippen molar-refractivity contribution in [2.45, 2.75) is 63.5 Å². The minimum atomic E-state index is -0.349. The second kappa shape index (κ2) is 6.80. The van der Waals surface area contributed by atoms with Crippen LogP contribution in [0.15, 0.2) is 18.2 Å². The number of aliphatic hydroxyl groups excluding tert-OH is 1. The Balaban J connectivity index is 1.54. The first kappa shape index (κ1) is 14.9. The van der Waals surface area contributed by atoms with Crippen LogP contribution in [0.2, 0.25) is 0 Å². The number of fused-ring (bicyclic) bond motifs is 1. The van der Waals surface area contributed by atoms with Crippen molar-refractivity contribution in [2.75, 3.05) is 6.61 Å². The second-order valence-corrected chi connectivity index (χ2v) is 6.71. The first-order valence-electron chi connectivity index (χ1n) is 8.41. The maximum atomic E-state index is 10.1. The fraction of sp³-hybridized carbons (Fsp3) is 0.667. The second-order valence-electron chi connectivity index (χ2n) is 6.71. The van der Waals surface area contributed by atoms with E-state index in [2.05, 4.69) is 12.1 Å². The molecule has 2 aliphatic rings. The van der Waals surface area contributed by atoms with E-state index in [1.54, 1.807) is 0 Å². The molecule has 0 heterocycles.